The third kappa shape index (κ3) is 4.43. The van der Waals surface area contributed by atoms with Crippen LogP contribution < -0.4 is 21.7 Å². The third-order valence-corrected chi connectivity index (χ3v) is 12.4. The summed E-state index contributed by atoms with van der Waals surface area (Å²) in [4.78, 5) is 59.1. The van der Waals surface area contributed by atoms with Crippen LogP contribution in [0.15, 0.2) is 128 Å². The van der Waals surface area contributed by atoms with Crippen molar-refractivity contribution in [3.05, 3.63) is 183 Å². The number of aromatic nitrogens is 2. The van der Waals surface area contributed by atoms with Gasteiger partial charge >= 0.3 is 0 Å². The molecule has 11 rings (SSSR count). The van der Waals surface area contributed by atoms with Crippen LogP contribution in [0.5, 0.6) is 0 Å². The molecule has 4 heterocycles. The fourth-order valence-electron chi connectivity index (χ4n) is 10.4. The summed E-state index contributed by atoms with van der Waals surface area (Å²) in [7, 11) is 0. The molecule has 0 aliphatic heterocycles. The number of benzene rings is 7. The van der Waals surface area contributed by atoms with Crippen LogP contribution in [0.1, 0.15) is 33.4 Å². The van der Waals surface area contributed by atoms with E-state index in [4.69, 9.17) is 0 Å². The molecule has 6 nitrogen and oxygen atoms in total. The van der Waals surface area contributed by atoms with Gasteiger partial charge in [-0.2, -0.15) is 0 Å². The molecule has 0 bridgehead atoms. The maximum Gasteiger partial charge on any atom is 0.197 e. The molecule has 278 valence electrons. The molecule has 0 aliphatic rings. The smallest absolute Gasteiger partial charge is 0.197 e. The van der Waals surface area contributed by atoms with Gasteiger partial charge in [0.05, 0.1) is 33.1 Å². The zero-order chi connectivity index (χ0) is 40.0. The first-order valence-corrected chi connectivity index (χ1v) is 19.6. The Morgan fingerprint density at radius 1 is 0.328 bits per heavy atom. The van der Waals surface area contributed by atoms with Gasteiger partial charge in [-0.3, -0.25) is 19.2 Å². The van der Waals surface area contributed by atoms with Crippen LogP contribution in [0, 0.1) is 41.5 Å². The number of aryl methyl sites for hydroxylation is 6. The van der Waals surface area contributed by atoms with E-state index in [-0.39, 0.29) is 21.7 Å². The van der Waals surface area contributed by atoms with Gasteiger partial charge in [0.25, 0.3) is 0 Å². The van der Waals surface area contributed by atoms with Crippen molar-refractivity contribution < 1.29 is 0 Å². The lowest BCUT2D eigenvalue weighted by Crippen LogP contribution is -2.17. The Morgan fingerprint density at radius 3 is 1.02 bits per heavy atom. The Hall–Kier alpha value is -7.18. The first-order chi connectivity index (χ1) is 27.9. The van der Waals surface area contributed by atoms with Crippen molar-refractivity contribution in [3.63, 3.8) is 0 Å². The summed E-state index contributed by atoms with van der Waals surface area (Å²) in [6, 6.07) is 34.8. The largest absolute Gasteiger partial charge is 0.307 e. The molecule has 0 unspecified atom stereocenters. The molecule has 0 spiro atoms. The maximum absolute atomic E-state index is 15.1. The van der Waals surface area contributed by atoms with E-state index in [1.54, 1.807) is 6.07 Å². The van der Waals surface area contributed by atoms with Crippen LogP contribution in [0.4, 0.5) is 0 Å². The van der Waals surface area contributed by atoms with Gasteiger partial charge in [0.2, 0.25) is 0 Å². The topological polar surface area (TPSA) is 77.1 Å². The monoisotopic (exact) mass is 752 g/mol. The first kappa shape index (κ1) is 34.1. The molecule has 6 heteroatoms. The molecular formula is C52H36N2O4. The molecule has 0 N–H and O–H groups in total. The zero-order valence-corrected chi connectivity index (χ0v) is 32.9. The Bertz CT molecular complexity index is 3650. The molecule has 0 aliphatic carbocycles. The molecule has 0 saturated carbocycles. The van der Waals surface area contributed by atoms with Gasteiger partial charge in [-0.1, -0.05) is 59.7 Å². The van der Waals surface area contributed by atoms with E-state index in [9.17, 15) is 9.59 Å². The lowest BCUT2D eigenvalue weighted by atomic mass is 9.90. The zero-order valence-electron chi connectivity index (χ0n) is 32.9. The second-order valence-electron chi connectivity index (χ2n) is 16.3. The van der Waals surface area contributed by atoms with Crippen LogP contribution in [0.3, 0.4) is 0 Å². The van der Waals surface area contributed by atoms with Gasteiger partial charge in [-0.05, 0) is 147 Å². The van der Waals surface area contributed by atoms with Crippen LogP contribution in [0.25, 0.3) is 98.4 Å². The second-order valence-corrected chi connectivity index (χ2v) is 16.3. The van der Waals surface area contributed by atoms with Crippen molar-refractivity contribution in [1.29, 1.82) is 0 Å². The van der Waals surface area contributed by atoms with Crippen molar-refractivity contribution in [2.75, 3.05) is 0 Å². The van der Waals surface area contributed by atoms with Crippen molar-refractivity contribution >= 4 is 76.2 Å². The minimum atomic E-state index is -0.255. The SMILES string of the molecule is Cc1cc(C)c(-c2cc3c(=O)c4ccccc4n4c5cc6c(cc5c(=O)c(c2)c34)c(=O)c2cc(-c3c(C)cc(C)cc3C)cc3c(=O)c4ccccc4n6c32)c(C)c1. The Labute approximate surface area is 331 Å². The molecule has 0 atom stereocenters. The summed E-state index contributed by atoms with van der Waals surface area (Å²) in [5, 5.41) is 3.53. The van der Waals surface area contributed by atoms with Crippen LogP contribution in [0.2, 0.25) is 0 Å². The Morgan fingerprint density at radius 2 is 0.655 bits per heavy atom. The molecule has 0 amide bonds. The highest BCUT2D eigenvalue weighted by Crippen LogP contribution is 2.38. The van der Waals surface area contributed by atoms with E-state index in [0.717, 1.165) is 55.6 Å². The minimum absolute atomic E-state index is 0.145. The third-order valence-electron chi connectivity index (χ3n) is 12.4. The van der Waals surface area contributed by atoms with E-state index < -0.39 is 0 Å². The quantitative estimate of drug-likeness (QED) is 0.130. The molecule has 0 radical (unpaired) electrons. The lowest BCUT2D eigenvalue weighted by molar-refractivity contribution is 1.28. The van der Waals surface area contributed by atoms with Gasteiger partial charge in [-0.15, -0.1) is 0 Å². The fraction of sp³-hybridized carbons (Fsp3) is 0.115. The summed E-state index contributed by atoms with van der Waals surface area (Å²) in [6.07, 6.45) is 0. The van der Waals surface area contributed by atoms with Crippen molar-refractivity contribution in [2.45, 2.75) is 41.5 Å². The number of pyridine rings is 4. The van der Waals surface area contributed by atoms with Gasteiger partial charge in [0.15, 0.2) is 21.7 Å². The lowest BCUT2D eigenvalue weighted by Gasteiger charge is -2.19. The van der Waals surface area contributed by atoms with Crippen molar-refractivity contribution in [1.82, 2.24) is 8.80 Å². The molecule has 0 saturated heterocycles. The van der Waals surface area contributed by atoms with Crippen molar-refractivity contribution in [3.8, 4) is 22.3 Å². The van der Waals surface area contributed by atoms with Gasteiger partial charge in [-0.25, -0.2) is 0 Å². The number of hydrogen-bond donors (Lipinski definition) is 0. The number of rotatable bonds is 2. The van der Waals surface area contributed by atoms with Gasteiger partial charge in [0.1, 0.15) is 0 Å². The number of fused-ring (bicyclic) bond motifs is 8. The van der Waals surface area contributed by atoms with Crippen LogP contribution in [-0.4, -0.2) is 8.80 Å². The van der Waals surface area contributed by atoms with E-state index in [1.165, 1.54) is 0 Å². The summed E-state index contributed by atoms with van der Waals surface area (Å²) < 4.78 is 4.04. The Balaban J connectivity index is 1.38. The molecule has 11 aromatic rings. The molecular weight excluding hydrogens is 717 g/mol. The van der Waals surface area contributed by atoms with Crippen LogP contribution in [-0.2, 0) is 0 Å². The van der Waals surface area contributed by atoms with Gasteiger partial charge < -0.3 is 8.80 Å². The summed E-state index contributed by atoms with van der Waals surface area (Å²) in [5.41, 5.74) is 12.8. The first-order valence-electron chi connectivity index (χ1n) is 19.6. The normalized spacial score (nSPS) is 12.2. The molecule has 7 aromatic carbocycles. The van der Waals surface area contributed by atoms with Crippen LogP contribution >= 0.6 is 0 Å². The highest BCUT2D eigenvalue weighted by atomic mass is 16.1. The second kappa shape index (κ2) is 11.7. The molecule has 58 heavy (non-hydrogen) atoms. The molecule has 0 fully saturated rings. The van der Waals surface area contributed by atoms with E-state index >= 15 is 9.59 Å². The van der Waals surface area contributed by atoms with Crippen molar-refractivity contribution in [2.24, 2.45) is 0 Å². The summed E-state index contributed by atoms with van der Waals surface area (Å²) >= 11 is 0. The summed E-state index contributed by atoms with van der Waals surface area (Å²) in [6.45, 7) is 12.4. The van der Waals surface area contributed by atoms with E-state index in [0.29, 0.717) is 76.2 Å². The average molecular weight is 753 g/mol. The predicted molar refractivity (Wildman–Crippen MR) is 240 cm³/mol. The number of para-hydroxylation sites is 2. The number of hydrogen-bond acceptors (Lipinski definition) is 4. The summed E-state index contributed by atoms with van der Waals surface area (Å²) in [5.74, 6) is 0. The van der Waals surface area contributed by atoms with Gasteiger partial charge in [0, 0.05) is 43.1 Å². The van der Waals surface area contributed by atoms with E-state index in [1.807, 2.05) is 87.7 Å². The average Bonchev–Trinajstić information content (AvgIpc) is 3.19. The fourth-order valence-corrected chi connectivity index (χ4v) is 10.4. The number of nitrogens with zero attached hydrogens (tertiary/aromatic N) is 2. The standard InChI is InChI=1S/C52H36N2O4/c1-25-15-27(3)45(28(4)16-25)31-19-37-47-39(21-31)51(57)35-23-36-44(24-43(35)53(47)41-13-9-7-11-33(41)49(37)55)54-42-14-10-8-12-34(42)50(56)38-20-32(22-40(48(38)54)52(36)58)46-29(5)17-26(2)18-30(46)6/h7-24H,1-6H3. The minimum Gasteiger partial charge on any atom is -0.307 e. The van der Waals surface area contributed by atoms with E-state index in [2.05, 4.69) is 65.8 Å². The maximum atomic E-state index is 15.1. The molecule has 4 aromatic heterocycles. The predicted octanol–water partition coefficient (Wildman–Crippen LogP) is 10.6. The Kier molecular flexibility index (Phi) is 6.87. The highest BCUT2D eigenvalue weighted by molar-refractivity contribution is 6.14. The highest BCUT2D eigenvalue weighted by Gasteiger charge is 2.24.